The van der Waals surface area contributed by atoms with Gasteiger partial charge in [0.25, 0.3) is 0 Å². The van der Waals surface area contributed by atoms with Gasteiger partial charge in [-0.15, -0.1) is 0 Å². The second kappa shape index (κ2) is 10.2. The fourth-order valence-corrected chi connectivity index (χ4v) is 3.98. The van der Waals surface area contributed by atoms with Gasteiger partial charge in [-0.05, 0) is 66.6 Å². The Balaban J connectivity index is 1.63. The number of methoxy groups -OCH3 is 1. The quantitative estimate of drug-likeness (QED) is 0.388. The van der Waals surface area contributed by atoms with Crippen molar-refractivity contribution in [3.05, 3.63) is 105 Å². The maximum Gasteiger partial charge on any atom is 0.319 e. The first-order chi connectivity index (χ1) is 16.4. The van der Waals surface area contributed by atoms with E-state index >= 15 is 0 Å². The van der Waals surface area contributed by atoms with Crippen molar-refractivity contribution in [3.63, 3.8) is 0 Å². The van der Waals surface area contributed by atoms with Crippen LogP contribution in [-0.4, -0.2) is 18.9 Å². The molecular weight excluding hydrogens is 475 g/mol. The molecule has 34 heavy (non-hydrogen) atoms. The van der Waals surface area contributed by atoms with E-state index in [1.165, 1.54) is 7.11 Å². The van der Waals surface area contributed by atoms with E-state index in [4.69, 9.17) is 32.7 Å². The summed E-state index contributed by atoms with van der Waals surface area (Å²) < 4.78 is 11.5. The highest BCUT2D eigenvalue weighted by atomic mass is 35.5. The number of halogens is 2. The third-order valence-corrected chi connectivity index (χ3v) is 5.95. The highest BCUT2D eigenvalue weighted by molar-refractivity contribution is 6.31. The molecule has 2 N–H and O–H groups in total. The van der Waals surface area contributed by atoms with E-state index in [1.807, 2.05) is 12.1 Å². The van der Waals surface area contributed by atoms with Crippen LogP contribution in [0.25, 0.3) is 0 Å². The zero-order chi connectivity index (χ0) is 24.2. The molecule has 0 saturated heterocycles. The number of nitrogens with one attached hydrogen (secondary N) is 2. The van der Waals surface area contributed by atoms with Gasteiger partial charge in [0.05, 0.1) is 13.2 Å². The Kier molecular flexibility index (Phi) is 7.10. The number of benzene rings is 3. The van der Waals surface area contributed by atoms with Gasteiger partial charge in [-0.25, -0.2) is 4.79 Å². The number of ether oxygens (including phenoxy) is 2. The Hall–Kier alpha value is -3.48. The van der Waals surface area contributed by atoms with Crippen LogP contribution >= 0.6 is 23.2 Å². The number of allylic oxidation sites excluding steroid dienone is 1. The average Bonchev–Trinajstić information content (AvgIpc) is 2.83. The molecule has 3 aromatic carbocycles. The molecule has 0 spiro atoms. The minimum Gasteiger partial charge on any atom is -0.493 e. The summed E-state index contributed by atoms with van der Waals surface area (Å²) in [6, 6.07) is 18.3. The first-order valence-electron chi connectivity index (χ1n) is 10.5. The normalized spacial score (nSPS) is 15.4. The summed E-state index contributed by atoms with van der Waals surface area (Å²) in [4.78, 5) is 25.6. The van der Waals surface area contributed by atoms with Gasteiger partial charge in [-0.3, -0.25) is 4.79 Å². The van der Waals surface area contributed by atoms with E-state index in [-0.39, 0.29) is 5.78 Å². The monoisotopic (exact) mass is 496 g/mol. The number of hydrogen-bond acceptors (Lipinski definition) is 4. The van der Waals surface area contributed by atoms with Gasteiger partial charge in [-0.2, -0.15) is 0 Å². The Morgan fingerprint density at radius 2 is 1.59 bits per heavy atom. The van der Waals surface area contributed by atoms with Gasteiger partial charge in [-0.1, -0.05) is 41.4 Å². The molecule has 1 atom stereocenters. The number of rotatable bonds is 7. The number of carbonyl (C=O) groups is 2. The third-order valence-electron chi connectivity index (χ3n) is 5.45. The van der Waals surface area contributed by atoms with Gasteiger partial charge in [0.2, 0.25) is 0 Å². The van der Waals surface area contributed by atoms with Gasteiger partial charge in [0.15, 0.2) is 17.3 Å². The summed E-state index contributed by atoms with van der Waals surface area (Å²) in [6.45, 7) is 2.03. The average molecular weight is 497 g/mol. The minimum atomic E-state index is -0.670. The molecule has 4 rings (SSSR count). The molecule has 8 heteroatoms. The number of ketones is 1. The van der Waals surface area contributed by atoms with Crippen molar-refractivity contribution in [2.24, 2.45) is 0 Å². The molecule has 0 radical (unpaired) electrons. The smallest absolute Gasteiger partial charge is 0.319 e. The standard InChI is InChI=1S/C26H22Cl2N2O4/c1-15-23(25(31)17-5-10-20(28)11-6-17)24(30-26(32)29-15)18-7-12-21(22(13-18)33-2)34-14-16-3-8-19(27)9-4-16/h3-13,24H,14H2,1-2H3,(H2,29,30,32)/t24-/m1/s1. The predicted molar refractivity (Wildman–Crippen MR) is 132 cm³/mol. The maximum absolute atomic E-state index is 13.4. The molecule has 3 aromatic rings. The van der Waals surface area contributed by atoms with Gasteiger partial charge < -0.3 is 20.1 Å². The van der Waals surface area contributed by atoms with E-state index < -0.39 is 12.1 Å². The molecule has 0 aliphatic carbocycles. The molecule has 0 bridgehead atoms. The molecule has 1 aliphatic rings. The zero-order valence-electron chi connectivity index (χ0n) is 18.5. The van der Waals surface area contributed by atoms with E-state index in [1.54, 1.807) is 61.5 Å². The Labute approximate surface area is 207 Å². The lowest BCUT2D eigenvalue weighted by Gasteiger charge is -2.29. The second-order valence-electron chi connectivity index (χ2n) is 7.73. The molecule has 6 nitrogen and oxygen atoms in total. The van der Waals surface area contributed by atoms with Crippen molar-refractivity contribution in [2.45, 2.75) is 19.6 Å². The van der Waals surface area contributed by atoms with Crippen LogP contribution < -0.4 is 20.1 Å². The number of carbonyl (C=O) groups excluding carboxylic acids is 2. The van der Waals surface area contributed by atoms with Gasteiger partial charge >= 0.3 is 6.03 Å². The van der Waals surface area contributed by atoms with Crippen LogP contribution in [0.4, 0.5) is 4.79 Å². The summed E-state index contributed by atoms with van der Waals surface area (Å²) in [5.41, 5.74) is 3.02. The van der Waals surface area contributed by atoms with Crippen molar-refractivity contribution in [1.82, 2.24) is 10.6 Å². The number of Topliss-reactive ketones (excluding diaryl/α,β-unsaturated/α-hetero) is 1. The van der Waals surface area contributed by atoms with Gasteiger partial charge in [0.1, 0.15) is 6.61 Å². The van der Waals surface area contributed by atoms with Crippen molar-refractivity contribution in [1.29, 1.82) is 0 Å². The van der Waals surface area contributed by atoms with Crippen molar-refractivity contribution >= 4 is 35.0 Å². The summed E-state index contributed by atoms with van der Waals surface area (Å²) in [5, 5.41) is 6.73. The fraction of sp³-hybridized carbons (Fsp3) is 0.154. The second-order valence-corrected chi connectivity index (χ2v) is 8.60. The Morgan fingerprint density at radius 1 is 0.941 bits per heavy atom. The molecular formula is C26H22Cl2N2O4. The zero-order valence-corrected chi connectivity index (χ0v) is 20.0. The summed E-state index contributed by atoms with van der Waals surface area (Å²) in [7, 11) is 1.54. The number of amides is 2. The van der Waals surface area contributed by atoms with Crippen molar-refractivity contribution in [2.75, 3.05) is 7.11 Å². The summed E-state index contributed by atoms with van der Waals surface area (Å²) >= 11 is 11.9. The molecule has 174 valence electrons. The summed E-state index contributed by atoms with van der Waals surface area (Å²) in [6.07, 6.45) is 0. The predicted octanol–water partition coefficient (Wildman–Crippen LogP) is 6.09. The van der Waals surface area contributed by atoms with Crippen LogP contribution in [0.2, 0.25) is 10.0 Å². The van der Waals surface area contributed by atoms with E-state index in [2.05, 4.69) is 10.6 Å². The molecule has 2 amide bonds. The minimum absolute atomic E-state index is 0.214. The van der Waals surface area contributed by atoms with Crippen LogP contribution in [0.5, 0.6) is 11.5 Å². The third kappa shape index (κ3) is 5.19. The topological polar surface area (TPSA) is 76.7 Å². The first kappa shape index (κ1) is 23.7. The lowest BCUT2D eigenvalue weighted by molar-refractivity contribution is 0.102. The highest BCUT2D eigenvalue weighted by Gasteiger charge is 2.32. The molecule has 0 unspecified atom stereocenters. The Bertz CT molecular complexity index is 1250. The maximum atomic E-state index is 13.4. The lowest BCUT2D eigenvalue weighted by Crippen LogP contribution is -2.45. The molecule has 0 saturated carbocycles. The summed E-state index contributed by atoms with van der Waals surface area (Å²) in [5.74, 6) is 0.802. The molecule has 0 aromatic heterocycles. The van der Waals surface area contributed by atoms with Crippen LogP contribution in [0.3, 0.4) is 0 Å². The van der Waals surface area contributed by atoms with Crippen molar-refractivity contribution in [3.8, 4) is 11.5 Å². The number of hydrogen-bond donors (Lipinski definition) is 2. The lowest BCUT2D eigenvalue weighted by atomic mass is 9.89. The van der Waals surface area contributed by atoms with E-state index in [0.29, 0.717) is 50.5 Å². The molecule has 0 fully saturated rings. The molecule has 1 aliphatic heterocycles. The molecule has 1 heterocycles. The Morgan fingerprint density at radius 3 is 2.24 bits per heavy atom. The fourth-order valence-electron chi connectivity index (χ4n) is 3.73. The van der Waals surface area contributed by atoms with Crippen LogP contribution in [0.1, 0.15) is 34.5 Å². The van der Waals surface area contributed by atoms with Crippen LogP contribution in [0, 0.1) is 0 Å². The highest BCUT2D eigenvalue weighted by Crippen LogP contribution is 2.35. The van der Waals surface area contributed by atoms with E-state index in [0.717, 1.165) is 5.56 Å². The van der Waals surface area contributed by atoms with Gasteiger partial charge in [0, 0.05) is 26.9 Å². The van der Waals surface area contributed by atoms with Crippen LogP contribution in [0.15, 0.2) is 78.0 Å². The van der Waals surface area contributed by atoms with E-state index in [9.17, 15) is 9.59 Å². The van der Waals surface area contributed by atoms with Crippen molar-refractivity contribution < 1.29 is 19.1 Å². The SMILES string of the molecule is COc1cc([C@H]2NC(=O)NC(C)=C2C(=O)c2ccc(Cl)cc2)ccc1OCc1ccc(Cl)cc1. The number of urea groups is 1. The largest absolute Gasteiger partial charge is 0.493 e. The first-order valence-corrected chi connectivity index (χ1v) is 11.2. The van der Waals surface area contributed by atoms with Crippen LogP contribution in [-0.2, 0) is 6.61 Å².